The van der Waals surface area contributed by atoms with E-state index in [1.54, 1.807) is 7.11 Å². The Kier molecular flexibility index (Phi) is 6.04. The van der Waals surface area contributed by atoms with E-state index in [9.17, 15) is 9.18 Å². The first-order valence-corrected chi connectivity index (χ1v) is 5.75. The van der Waals surface area contributed by atoms with Crippen molar-refractivity contribution in [1.29, 1.82) is 0 Å². The van der Waals surface area contributed by atoms with Crippen LogP contribution < -0.4 is 16.8 Å². The first kappa shape index (κ1) is 15.2. The normalized spacial score (nSPS) is 10.4. The highest BCUT2D eigenvalue weighted by atomic mass is 19.1. The van der Waals surface area contributed by atoms with Crippen LogP contribution in [0.1, 0.15) is 10.4 Å². The Balaban J connectivity index is 2.53. The molecule has 1 amide bonds. The van der Waals surface area contributed by atoms with Gasteiger partial charge >= 0.3 is 0 Å². The van der Waals surface area contributed by atoms with Crippen LogP contribution in [-0.4, -0.2) is 39.4 Å². The third-order valence-electron chi connectivity index (χ3n) is 2.40. The summed E-state index contributed by atoms with van der Waals surface area (Å²) in [5, 5.41) is 2.81. The van der Waals surface area contributed by atoms with Gasteiger partial charge in [-0.1, -0.05) is 0 Å². The van der Waals surface area contributed by atoms with Crippen LogP contribution >= 0.6 is 0 Å². The number of hydrogen-bond donors (Lipinski definition) is 3. The van der Waals surface area contributed by atoms with Crippen LogP contribution in [0.25, 0.3) is 0 Å². The molecule has 1 aromatic carbocycles. The largest absolute Gasteiger partial charge is 0.398 e. The van der Waals surface area contributed by atoms with E-state index in [-0.39, 0.29) is 16.9 Å². The second-order valence-electron chi connectivity index (χ2n) is 3.82. The van der Waals surface area contributed by atoms with Gasteiger partial charge in [0.1, 0.15) is 5.82 Å². The number of nitrogens with two attached hydrogens (primary N) is 2. The SMILES string of the molecule is COCCOCCNc1cc(C(N)=O)c(N)cc1F. The molecule has 0 fully saturated rings. The van der Waals surface area contributed by atoms with Gasteiger partial charge in [0.25, 0.3) is 5.91 Å². The van der Waals surface area contributed by atoms with Crippen LogP contribution in [0.15, 0.2) is 12.1 Å². The monoisotopic (exact) mass is 271 g/mol. The van der Waals surface area contributed by atoms with Crippen molar-refractivity contribution in [2.24, 2.45) is 5.73 Å². The molecule has 0 aliphatic carbocycles. The first-order valence-electron chi connectivity index (χ1n) is 5.75. The van der Waals surface area contributed by atoms with Crippen molar-refractivity contribution in [2.75, 3.05) is 44.5 Å². The molecule has 5 N–H and O–H groups in total. The van der Waals surface area contributed by atoms with Crippen molar-refractivity contribution in [3.05, 3.63) is 23.5 Å². The molecule has 0 unspecified atom stereocenters. The van der Waals surface area contributed by atoms with Gasteiger partial charge in [-0.3, -0.25) is 4.79 Å². The molecule has 0 atom stereocenters. The molecule has 0 aliphatic heterocycles. The van der Waals surface area contributed by atoms with E-state index < -0.39 is 11.7 Å². The number of benzene rings is 1. The van der Waals surface area contributed by atoms with Crippen molar-refractivity contribution in [3.63, 3.8) is 0 Å². The molecule has 0 heterocycles. The summed E-state index contributed by atoms with van der Waals surface area (Å²) in [6.45, 7) is 1.75. The van der Waals surface area contributed by atoms with E-state index in [4.69, 9.17) is 20.9 Å². The van der Waals surface area contributed by atoms with Crippen LogP contribution in [-0.2, 0) is 9.47 Å². The summed E-state index contributed by atoms with van der Waals surface area (Å²) in [4.78, 5) is 11.1. The van der Waals surface area contributed by atoms with Gasteiger partial charge in [-0.2, -0.15) is 0 Å². The maximum atomic E-state index is 13.6. The fraction of sp³-hybridized carbons (Fsp3) is 0.417. The molecule has 19 heavy (non-hydrogen) atoms. The molecular weight excluding hydrogens is 253 g/mol. The average Bonchev–Trinajstić information content (AvgIpc) is 2.35. The van der Waals surface area contributed by atoms with Crippen molar-refractivity contribution < 1.29 is 18.7 Å². The van der Waals surface area contributed by atoms with E-state index in [2.05, 4.69) is 5.32 Å². The number of primary amides is 1. The fourth-order valence-electron chi connectivity index (χ4n) is 1.44. The molecule has 0 saturated heterocycles. The van der Waals surface area contributed by atoms with E-state index in [1.807, 2.05) is 0 Å². The number of hydrogen-bond acceptors (Lipinski definition) is 5. The zero-order chi connectivity index (χ0) is 14.3. The Morgan fingerprint density at radius 1 is 1.37 bits per heavy atom. The summed E-state index contributed by atoms with van der Waals surface area (Å²) >= 11 is 0. The minimum Gasteiger partial charge on any atom is -0.398 e. The summed E-state index contributed by atoms with van der Waals surface area (Å²) in [5.41, 5.74) is 10.9. The van der Waals surface area contributed by atoms with Crippen molar-refractivity contribution in [1.82, 2.24) is 0 Å². The minimum absolute atomic E-state index is 0.0203. The standard InChI is InChI=1S/C12H18FN3O3/c1-18-4-5-19-3-2-16-11-6-8(12(15)17)10(14)7-9(11)13/h6-7,16H,2-5,14H2,1H3,(H2,15,17). The predicted molar refractivity (Wildman–Crippen MR) is 70.5 cm³/mol. The fourth-order valence-corrected chi connectivity index (χ4v) is 1.44. The van der Waals surface area contributed by atoms with Gasteiger partial charge in [0.2, 0.25) is 0 Å². The van der Waals surface area contributed by atoms with Crippen LogP contribution in [0.5, 0.6) is 0 Å². The Hall–Kier alpha value is -1.86. The summed E-state index contributed by atoms with van der Waals surface area (Å²) in [5.74, 6) is -1.24. The maximum Gasteiger partial charge on any atom is 0.250 e. The predicted octanol–water partition coefficient (Wildman–Crippen LogP) is 0.582. The molecule has 106 valence electrons. The lowest BCUT2D eigenvalue weighted by atomic mass is 10.1. The van der Waals surface area contributed by atoms with Gasteiger partial charge in [0.05, 0.1) is 31.1 Å². The second-order valence-corrected chi connectivity index (χ2v) is 3.82. The van der Waals surface area contributed by atoms with Gasteiger partial charge in [0, 0.05) is 19.3 Å². The lowest BCUT2D eigenvalue weighted by molar-refractivity contribution is 0.0759. The molecule has 1 aromatic rings. The number of carbonyl (C=O) groups excluding carboxylic acids is 1. The number of carbonyl (C=O) groups is 1. The van der Waals surface area contributed by atoms with Crippen LogP contribution in [0, 0.1) is 5.82 Å². The summed E-state index contributed by atoms with van der Waals surface area (Å²) in [6, 6.07) is 2.36. The second kappa shape index (κ2) is 7.55. The average molecular weight is 271 g/mol. The number of methoxy groups -OCH3 is 1. The third kappa shape index (κ3) is 4.72. The van der Waals surface area contributed by atoms with Crippen LogP contribution in [0.2, 0.25) is 0 Å². The molecule has 0 radical (unpaired) electrons. The molecule has 0 spiro atoms. The number of rotatable bonds is 8. The van der Waals surface area contributed by atoms with Crippen molar-refractivity contribution in [3.8, 4) is 0 Å². The van der Waals surface area contributed by atoms with Gasteiger partial charge in [-0.15, -0.1) is 0 Å². The van der Waals surface area contributed by atoms with E-state index >= 15 is 0 Å². The molecule has 0 aliphatic rings. The van der Waals surface area contributed by atoms with E-state index in [0.717, 1.165) is 6.07 Å². The zero-order valence-electron chi connectivity index (χ0n) is 10.7. The number of ether oxygens (including phenoxy) is 2. The molecule has 0 saturated carbocycles. The lowest BCUT2D eigenvalue weighted by Crippen LogP contribution is -2.16. The Morgan fingerprint density at radius 2 is 2.11 bits per heavy atom. The summed E-state index contributed by atoms with van der Waals surface area (Å²) in [6.07, 6.45) is 0. The smallest absolute Gasteiger partial charge is 0.250 e. The van der Waals surface area contributed by atoms with Crippen molar-refractivity contribution >= 4 is 17.3 Å². The number of halogens is 1. The molecular formula is C12H18FN3O3. The Labute approximate surface area is 110 Å². The molecule has 7 heteroatoms. The zero-order valence-corrected chi connectivity index (χ0v) is 10.7. The number of amides is 1. The minimum atomic E-state index is -0.697. The number of nitrogen functional groups attached to an aromatic ring is 1. The Morgan fingerprint density at radius 3 is 2.74 bits per heavy atom. The quantitative estimate of drug-likeness (QED) is 0.474. The van der Waals surface area contributed by atoms with Crippen molar-refractivity contribution in [2.45, 2.75) is 0 Å². The van der Waals surface area contributed by atoms with E-state index in [1.165, 1.54) is 6.07 Å². The van der Waals surface area contributed by atoms with Gasteiger partial charge < -0.3 is 26.3 Å². The van der Waals surface area contributed by atoms with Gasteiger partial charge in [-0.25, -0.2) is 4.39 Å². The molecule has 6 nitrogen and oxygen atoms in total. The lowest BCUT2D eigenvalue weighted by Gasteiger charge is -2.10. The molecule has 1 rings (SSSR count). The Bertz CT molecular complexity index is 440. The number of anilines is 2. The third-order valence-corrected chi connectivity index (χ3v) is 2.40. The van der Waals surface area contributed by atoms with E-state index in [0.29, 0.717) is 26.4 Å². The highest BCUT2D eigenvalue weighted by Gasteiger charge is 2.11. The van der Waals surface area contributed by atoms with Gasteiger partial charge in [-0.05, 0) is 12.1 Å². The number of nitrogens with one attached hydrogen (secondary N) is 1. The molecule has 0 bridgehead atoms. The van der Waals surface area contributed by atoms with Gasteiger partial charge in [0.15, 0.2) is 0 Å². The topological polar surface area (TPSA) is 99.6 Å². The first-order chi connectivity index (χ1) is 9.06. The highest BCUT2D eigenvalue weighted by Crippen LogP contribution is 2.21. The maximum absolute atomic E-state index is 13.6. The van der Waals surface area contributed by atoms with Crippen LogP contribution in [0.4, 0.5) is 15.8 Å². The molecule has 0 aromatic heterocycles. The summed E-state index contributed by atoms with van der Waals surface area (Å²) < 4.78 is 23.6. The summed E-state index contributed by atoms with van der Waals surface area (Å²) in [7, 11) is 1.58. The highest BCUT2D eigenvalue weighted by molar-refractivity contribution is 5.99. The van der Waals surface area contributed by atoms with Crippen LogP contribution in [0.3, 0.4) is 0 Å².